The van der Waals surface area contributed by atoms with Crippen LogP contribution in [-0.4, -0.2) is 23.3 Å². The van der Waals surface area contributed by atoms with Crippen LogP contribution in [0.15, 0.2) is 30.3 Å². The van der Waals surface area contributed by atoms with Crippen molar-refractivity contribution in [1.82, 2.24) is 0 Å². The van der Waals surface area contributed by atoms with Gasteiger partial charge in [-0.15, -0.1) is 0 Å². The Labute approximate surface area is 109 Å². The van der Waals surface area contributed by atoms with Crippen molar-refractivity contribution in [3.63, 3.8) is 0 Å². The summed E-state index contributed by atoms with van der Waals surface area (Å²) in [6.45, 7) is 3.51. The standard InChI is InChI=1S/C10H14.C5H8O3/c1-2-3-7-10-8-5-4-6-9-10;1-5(8,4-7)2-3-6/h4-6,8-9H,2-3,7H2,1H3;3-4,8H,2H2,1H3. The molecule has 0 aliphatic carbocycles. The highest BCUT2D eigenvalue weighted by atomic mass is 16.3. The second-order valence-electron chi connectivity index (χ2n) is 4.43. The van der Waals surface area contributed by atoms with E-state index in [2.05, 4.69) is 37.3 Å². The van der Waals surface area contributed by atoms with Crippen LogP contribution < -0.4 is 0 Å². The number of aldehydes is 2. The van der Waals surface area contributed by atoms with Crippen molar-refractivity contribution < 1.29 is 14.7 Å². The second kappa shape index (κ2) is 9.54. The molecule has 0 saturated carbocycles. The zero-order valence-corrected chi connectivity index (χ0v) is 11.1. The number of rotatable bonds is 6. The van der Waals surface area contributed by atoms with E-state index < -0.39 is 5.60 Å². The van der Waals surface area contributed by atoms with E-state index in [1.807, 2.05) is 0 Å². The summed E-state index contributed by atoms with van der Waals surface area (Å²) in [4.78, 5) is 19.5. The average molecular weight is 250 g/mol. The molecule has 0 amide bonds. The smallest absolute Gasteiger partial charge is 0.151 e. The Balaban J connectivity index is 0.000000331. The second-order valence-corrected chi connectivity index (χ2v) is 4.43. The van der Waals surface area contributed by atoms with Gasteiger partial charge in [-0.25, -0.2) is 0 Å². The Morgan fingerprint density at radius 2 is 1.83 bits per heavy atom. The molecule has 1 atom stereocenters. The molecule has 1 aromatic rings. The molecule has 1 aromatic carbocycles. The summed E-state index contributed by atoms with van der Waals surface area (Å²) in [6, 6.07) is 10.6. The number of carbonyl (C=O) groups is 2. The van der Waals surface area contributed by atoms with Gasteiger partial charge in [-0.05, 0) is 25.3 Å². The van der Waals surface area contributed by atoms with E-state index in [9.17, 15) is 9.59 Å². The molecule has 100 valence electrons. The fourth-order valence-corrected chi connectivity index (χ4v) is 1.24. The maximum atomic E-state index is 9.81. The molecule has 0 radical (unpaired) electrons. The zero-order valence-electron chi connectivity index (χ0n) is 11.1. The lowest BCUT2D eigenvalue weighted by Gasteiger charge is -2.08. The summed E-state index contributed by atoms with van der Waals surface area (Å²) < 4.78 is 0. The summed E-state index contributed by atoms with van der Waals surface area (Å²) in [6.07, 6.45) is 4.56. The number of hydrogen-bond donors (Lipinski definition) is 1. The van der Waals surface area contributed by atoms with Crippen molar-refractivity contribution in [2.45, 2.75) is 45.1 Å². The van der Waals surface area contributed by atoms with Gasteiger partial charge < -0.3 is 14.7 Å². The van der Waals surface area contributed by atoms with Crippen LogP contribution >= 0.6 is 0 Å². The third kappa shape index (κ3) is 8.65. The van der Waals surface area contributed by atoms with Gasteiger partial charge in [0.25, 0.3) is 0 Å². The molecule has 0 saturated heterocycles. The monoisotopic (exact) mass is 250 g/mol. The first kappa shape index (κ1) is 16.5. The van der Waals surface area contributed by atoms with Gasteiger partial charge in [0, 0.05) is 6.42 Å². The molecule has 0 heterocycles. The molecule has 1 N–H and O–H groups in total. The lowest BCUT2D eigenvalue weighted by atomic mass is 10.1. The van der Waals surface area contributed by atoms with E-state index in [0.717, 1.165) is 0 Å². The highest BCUT2D eigenvalue weighted by Gasteiger charge is 2.16. The van der Waals surface area contributed by atoms with Crippen LogP contribution in [0.1, 0.15) is 38.7 Å². The molecule has 0 aliphatic rings. The van der Waals surface area contributed by atoms with Crippen LogP contribution in [0, 0.1) is 0 Å². The molecule has 0 fully saturated rings. The van der Waals surface area contributed by atoms with Crippen molar-refractivity contribution in [2.75, 3.05) is 0 Å². The topological polar surface area (TPSA) is 54.4 Å². The van der Waals surface area contributed by atoms with Crippen molar-refractivity contribution in [1.29, 1.82) is 0 Å². The predicted molar refractivity (Wildman–Crippen MR) is 72.4 cm³/mol. The highest BCUT2D eigenvalue weighted by molar-refractivity contribution is 5.68. The Morgan fingerprint density at radius 3 is 2.22 bits per heavy atom. The average Bonchev–Trinajstić information content (AvgIpc) is 2.38. The lowest BCUT2D eigenvalue weighted by Crippen LogP contribution is -2.25. The van der Waals surface area contributed by atoms with Gasteiger partial charge in [0.2, 0.25) is 0 Å². The van der Waals surface area contributed by atoms with Crippen molar-refractivity contribution in [2.24, 2.45) is 0 Å². The van der Waals surface area contributed by atoms with E-state index in [4.69, 9.17) is 5.11 Å². The van der Waals surface area contributed by atoms with Gasteiger partial charge >= 0.3 is 0 Å². The van der Waals surface area contributed by atoms with E-state index in [1.165, 1.54) is 31.7 Å². The fourth-order valence-electron chi connectivity index (χ4n) is 1.24. The fraction of sp³-hybridized carbons (Fsp3) is 0.467. The molecular weight excluding hydrogens is 228 g/mol. The van der Waals surface area contributed by atoms with Crippen molar-refractivity contribution in [3.05, 3.63) is 35.9 Å². The van der Waals surface area contributed by atoms with Crippen LogP contribution in [-0.2, 0) is 16.0 Å². The molecule has 1 unspecified atom stereocenters. The third-order valence-corrected chi connectivity index (χ3v) is 2.41. The molecule has 0 spiro atoms. The predicted octanol–water partition coefficient (Wildman–Crippen LogP) is 2.55. The molecule has 0 aliphatic heterocycles. The minimum absolute atomic E-state index is 0.128. The van der Waals surface area contributed by atoms with Crippen LogP contribution in [0.4, 0.5) is 0 Å². The van der Waals surface area contributed by atoms with Gasteiger partial charge in [0.15, 0.2) is 6.29 Å². The summed E-state index contributed by atoms with van der Waals surface area (Å²) in [5.41, 5.74) is 0.00576. The number of aryl methyl sites for hydroxylation is 1. The maximum absolute atomic E-state index is 9.81. The number of unbranched alkanes of at least 4 members (excludes halogenated alkanes) is 1. The van der Waals surface area contributed by atoms with Crippen LogP contribution in [0.25, 0.3) is 0 Å². The SMILES string of the molecule is CC(O)(C=O)CC=O.CCCCc1ccccc1. The first-order valence-corrected chi connectivity index (χ1v) is 6.22. The Bertz CT molecular complexity index is 331. The quantitative estimate of drug-likeness (QED) is 0.789. The third-order valence-electron chi connectivity index (χ3n) is 2.41. The number of hydrogen-bond acceptors (Lipinski definition) is 3. The van der Waals surface area contributed by atoms with Crippen molar-refractivity contribution >= 4 is 12.6 Å². The van der Waals surface area contributed by atoms with Crippen LogP contribution in [0.3, 0.4) is 0 Å². The largest absolute Gasteiger partial charge is 0.382 e. The number of carbonyl (C=O) groups excluding carboxylic acids is 2. The number of aliphatic hydroxyl groups is 1. The minimum Gasteiger partial charge on any atom is -0.382 e. The Kier molecular flexibility index (Phi) is 8.76. The first-order valence-electron chi connectivity index (χ1n) is 6.22. The van der Waals surface area contributed by atoms with Crippen molar-refractivity contribution in [3.8, 4) is 0 Å². The van der Waals surface area contributed by atoms with E-state index >= 15 is 0 Å². The summed E-state index contributed by atoms with van der Waals surface area (Å²) in [7, 11) is 0. The molecular formula is C15H22O3. The zero-order chi connectivity index (χ0) is 13.9. The Morgan fingerprint density at radius 1 is 1.22 bits per heavy atom. The molecule has 1 rings (SSSR count). The normalized spacial score (nSPS) is 12.8. The van der Waals surface area contributed by atoms with Gasteiger partial charge in [0.05, 0.1) is 0 Å². The summed E-state index contributed by atoms with van der Waals surface area (Å²) >= 11 is 0. The molecule has 0 aromatic heterocycles. The molecule has 3 nitrogen and oxygen atoms in total. The van der Waals surface area contributed by atoms with Gasteiger partial charge in [-0.2, -0.15) is 0 Å². The van der Waals surface area contributed by atoms with Crippen LogP contribution in [0.2, 0.25) is 0 Å². The van der Waals surface area contributed by atoms with Gasteiger partial charge in [-0.3, -0.25) is 0 Å². The van der Waals surface area contributed by atoms with E-state index in [-0.39, 0.29) is 6.42 Å². The summed E-state index contributed by atoms with van der Waals surface area (Å²) in [5, 5.41) is 8.72. The summed E-state index contributed by atoms with van der Waals surface area (Å²) in [5.74, 6) is 0. The molecule has 18 heavy (non-hydrogen) atoms. The van der Waals surface area contributed by atoms with Gasteiger partial charge in [0.1, 0.15) is 11.9 Å². The van der Waals surface area contributed by atoms with E-state index in [1.54, 1.807) is 0 Å². The first-order chi connectivity index (χ1) is 8.55. The van der Waals surface area contributed by atoms with Crippen LogP contribution in [0.5, 0.6) is 0 Å². The highest BCUT2D eigenvalue weighted by Crippen LogP contribution is 2.03. The molecule has 3 heteroatoms. The Hall–Kier alpha value is -1.48. The van der Waals surface area contributed by atoms with Gasteiger partial charge in [-0.1, -0.05) is 43.7 Å². The minimum atomic E-state index is -1.46. The maximum Gasteiger partial charge on any atom is 0.151 e. The molecule has 0 bridgehead atoms. The van der Waals surface area contributed by atoms with E-state index in [0.29, 0.717) is 12.6 Å². The lowest BCUT2D eigenvalue weighted by molar-refractivity contribution is -0.126. The number of benzene rings is 1.